The van der Waals surface area contributed by atoms with Gasteiger partial charge in [0.05, 0.1) is 19.3 Å². The normalized spacial score (nSPS) is 23.2. The number of benzene rings is 1. The van der Waals surface area contributed by atoms with Crippen LogP contribution in [0, 0.1) is 11.6 Å². The van der Waals surface area contributed by atoms with Crippen molar-refractivity contribution in [3.05, 3.63) is 23.8 Å². The number of nitrogens with zero attached hydrogens (tertiary/aromatic N) is 1. The zero-order valence-electron chi connectivity index (χ0n) is 10.5. The number of ether oxygens (including phenoxy) is 1. The number of hydrogen-bond donors (Lipinski definition) is 1. The van der Waals surface area contributed by atoms with Crippen molar-refractivity contribution in [3.8, 4) is 5.75 Å². The summed E-state index contributed by atoms with van der Waals surface area (Å²) in [5.41, 5.74) is -2.88. The molecule has 1 aliphatic heterocycles. The first kappa shape index (κ1) is 14.8. The molecule has 20 heavy (non-hydrogen) atoms. The van der Waals surface area contributed by atoms with Gasteiger partial charge in [-0.2, -0.15) is 17.6 Å². The van der Waals surface area contributed by atoms with Crippen molar-refractivity contribution in [1.82, 2.24) is 0 Å². The molecule has 0 aromatic heterocycles. The predicted molar refractivity (Wildman–Crippen MR) is 60.7 cm³/mol. The van der Waals surface area contributed by atoms with E-state index in [0.29, 0.717) is 0 Å². The van der Waals surface area contributed by atoms with Crippen LogP contribution in [-0.2, 0) is 0 Å². The summed E-state index contributed by atoms with van der Waals surface area (Å²) < 4.78 is 69.5. The highest BCUT2D eigenvalue weighted by Gasteiger charge is 2.57. The fourth-order valence-electron chi connectivity index (χ4n) is 2.20. The van der Waals surface area contributed by atoms with Gasteiger partial charge in [-0.05, 0) is 12.1 Å². The Morgan fingerprint density at radius 3 is 2.45 bits per heavy atom. The molecule has 3 nitrogen and oxygen atoms in total. The Labute approximate surface area is 111 Å². The second-order valence-corrected chi connectivity index (χ2v) is 4.61. The van der Waals surface area contributed by atoms with Gasteiger partial charge in [0.15, 0.2) is 17.2 Å². The molecule has 1 aromatic carbocycles. The van der Waals surface area contributed by atoms with Crippen molar-refractivity contribution >= 4 is 5.69 Å². The van der Waals surface area contributed by atoms with Crippen molar-refractivity contribution in [2.75, 3.05) is 25.1 Å². The number of β-amino-alcohol motifs (C(OH)–C–C–N with tert-alkyl or cyclic N) is 1. The lowest BCUT2D eigenvalue weighted by molar-refractivity contribution is -0.250. The van der Waals surface area contributed by atoms with E-state index < -0.39 is 42.1 Å². The Bertz CT molecular complexity index is 519. The summed E-state index contributed by atoms with van der Waals surface area (Å²) in [5, 5.41) is 9.57. The number of rotatable bonds is 2. The van der Waals surface area contributed by atoms with E-state index in [1.54, 1.807) is 0 Å². The molecule has 112 valence electrons. The molecule has 0 saturated carbocycles. The van der Waals surface area contributed by atoms with Crippen molar-refractivity contribution in [2.45, 2.75) is 18.2 Å². The zero-order chi connectivity index (χ0) is 15.1. The van der Waals surface area contributed by atoms with Crippen LogP contribution in [0.5, 0.6) is 5.75 Å². The highest BCUT2D eigenvalue weighted by atomic mass is 19.4. The van der Waals surface area contributed by atoms with E-state index in [4.69, 9.17) is 4.74 Å². The van der Waals surface area contributed by atoms with Gasteiger partial charge in [0.1, 0.15) is 0 Å². The van der Waals surface area contributed by atoms with Gasteiger partial charge in [0, 0.05) is 13.0 Å². The summed E-state index contributed by atoms with van der Waals surface area (Å²) in [7, 11) is 1.09. The number of aliphatic hydroxyl groups is 1. The van der Waals surface area contributed by atoms with Crippen LogP contribution in [-0.4, -0.2) is 37.1 Å². The molecule has 1 saturated heterocycles. The largest absolute Gasteiger partial charge is 0.491 e. The molecule has 0 aliphatic carbocycles. The SMILES string of the molecule is COc1c(N2CC[C@@](O)(C(F)(F)F)C2)ccc(F)c1F. The minimum atomic E-state index is -4.78. The predicted octanol–water partition coefficient (Wildman–Crippen LogP) is 2.48. The third-order valence-corrected chi connectivity index (χ3v) is 3.35. The van der Waals surface area contributed by atoms with Gasteiger partial charge >= 0.3 is 6.18 Å². The molecule has 1 aliphatic rings. The number of methoxy groups -OCH3 is 1. The topological polar surface area (TPSA) is 32.7 Å². The van der Waals surface area contributed by atoms with Crippen LogP contribution in [0.4, 0.5) is 27.6 Å². The molecule has 0 amide bonds. The average molecular weight is 297 g/mol. The second-order valence-electron chi connectivity index (χ2n) is 4.61. The standard InChI is InChI=1S/C12H12F5NO2/c1-20-10-8(3-2-7(13)9(10)14)18-5-4-11(19,6-18)12(15,16)17/h2-3,19H,4-6H2,1H3/t11-/m0/s1. The fraction of sp³-hybridized carbons (Fsp3) is 0.500. The Hall–Kier alpha value is -1.57. The van der Waals surface area contributed by atoms with E-state index in [9.17, 15) is 27.1 Å². The van der Waals surface area contributed by atoms with Crippen molar-refractivity contribution < 1.29 is 31.8 Å². The summed E-state index contributed by atoms with van der Waals surface area (Å²) in [5.74, 6) is -2.90. The van der Waals surface area contributed by atoms with Crippen LogP contribution in [0.1, 0.15) is 6.42 Å². The fourth-order valence-corrected chi connectivity index (χ4v) is 2.20. The molecule has 0 bridgehead atoms. The van der Waals surface area contributed by atoms with Gasteiger partial charge in [-0.3, -0.25) is 0 Å². The van der Waals surface area contributed by atoms with E-state index in [-0.39, 0.29) is 12.2 Å². The molecule has 1 N–H and O–H groups in total. The van der Waals surface area contributed by atoms with Crippen LogP contribution in [0.2, 0.25) is 0 Å². The molecule has 0 spiro atoms. The highest BCUT2D eigenvalue weighted by Crippen LogP contribution is 2.42. The molecule has 1 atom stereocenters. The molecular formula is C12H12F5NO2. The monoisotopic (exact) mass is 297 g/mol. The molecule has 2 rings (SSSR count). The summed E-state index contributed by atoms with van der Waals surface area (Å²) in [6.45, 7) is -0.893. The van der Waals surface area contributed by atoms with Gasteiger partial charge < -0.3 is 14.7 Å². The maximum absolute atomic E-state index is 13.5. The Morgan fingerprint density at radius 2 is 1.95 bits per heavy atom. The molecule has 0 radical (unpaired) electrons. The Morgan fingerprint density at radius 1 is 1.30 bits per heavy atom. The lowest BCUT2D eigenvalue weighted by atomic mass is 10.0. The van der Waals surface area contributed by atoms with Crippen molar-refractivity contribution in [3.63, 3.8) is 0 Å². The Kier molecular flexibility index (Phi) is 3.53. The minimum absolute atomic E-state index is 0.0217. The van der Waals surface area contributed by atoms with Gasteiger partial charge in [0.2, 0.25) is 5.82 Å². The van der Waals surface area contributed by atoms with E-state index in [0.717, 1.165) is 24.1 Å². The Balaban J connectivity index is 2.34. The molecule has 1 fully saturated rings. The zero-order valence-corrected chi connectivity index (χ0v) is 10.5. The highest BCUT2D eigenvalue weighted by molar-refractivity contribution is 5.60. The first-order valence-electron chi connectivity index (χ1n) is 5.75. The van der Waals surface area contributed by atoms with Crippen LogP contribution in [0.25, 0.3) is 0 Å². The molecule has 1 aromatic rings. The maximum Gasteiger partial charge on any atom is 0.418 e. The van der Waals surface area contributed by atoms with Crippen LogP contribution < -0.4 is 9.64 Å². The third kappa shape index (κ3) is 2.28. The number of anilines is 1. The van der Waals surface area contributed by atoms with Crippen LogP contribution in [0.15, 0.2) is 12.1 Å². The summed E-state index contributed by atoms with van der Waals surface area (Å²) in [6, 6.07) is 1.93. The summed E-state index contributed by atoms with van der Waals surface area (Å²) in [4.78, 5) is 1.12. The number of alkyl halides is 3. The van der Waals surface area contributed by atoms with Gasteiger partial charge in [-0.15, -0.1) is 0 Å². The minimum Gasteiger partial charge on any atom is -0.491 e. The molecule has 0 unspecified atom stereocenters. The molecule has 8 heteroatoms. The summed E-state index contributed by atoms with van der Waals surface area (Å²) in [6.07, 6.45) is -5.33. The quantitative estimate of drug-likeness (QED) is 0.851. The first-order valence-corrected chi connectivity index (χ1v) is 5.75. The van der Waals surface area contributed by atoms with Gasteiger partial charge in [-0.1, -0.05) is 0 Å². The van der Waals surface area contributed by atoms with Crippen molar-refractivity contribution in [1.29, 1.82) is 0 Å². The number of hydrogen-bond acceptors (Lipinski definition) is 3. The summed E-state index contributed by atoms with van der Waals surface area (Å²) >= 11 is 0. The van der Waals surface area contributed by atoms with Crippen molar-refractivity contribution in [2.24, 2.45) is 0 Å². The van der Waals surface area contributed by atoms with E-state index in [2.05, 4.69) is 0 Å². The van der Waals surface area contributed by atoms with E-state index in [1.165, 1.54) is 0 Å². The molecule has 1 heterocycles. The average Bonchev–Trinajstić information content (AvgIpc) is 2.76. The van der Waals surface area contributed by atoms with E-state index >= 15 is 0 Å². The smallest absolute Gasteiger partial charge is 0.418 e. The maximum atomic E-state index is 13.5. The molecular weight excluding hydrogens is 285 g/mol. The lowest BCUT2D eigenvalue weighted by Crippen LogP contribution is -2.47. The van der Waals surface area contributed by atoms with Gasteiger partial charge in [0.25, 0.3) is 0 Å². The first-order chi connectivity index (χ1) is 9.19. The van der Waals surface area contributed by atoms with Crippen LogP contribution in [0.3, 0.4) is 0 Å². The third-order valence-electron chi connectivity index (χ3n) is 3.35. The van der Waals surface area contributed by atoms with E-state index in [1.807, 2.05) is 0 Å². The lowest BCUT2D eigenvalue weighted by Gasteiger charge is -2.27. The van der Waals surface area contributed by atoms with Crippen LogP contribution >= 0.6 is 0 Å². The second kappa shape index (κ2) is 4.76. The van der Waals surface area contributed by atoms with Gasteiger partial charge in [-0.25, -0.2) is 4.39 Å². The number of halogens is 5.